The summed E-state index contributed by atoms with van der Waals surface area (Å²) < 4.78 is 0. The Hall–Kier alpha value is -0.343. The van der Waals surface area contributed by atoms with Crippen molar-refractivity contribution in [2.45, 2.75) is 32.1 Å². The van der Waals surface area contributed by atoms with Gasteiger partial charge in [0.05, 0.1) is 0 Å². The van der Waals surface area contributed by atoms with Crippen molar-refractivity contribution >= 4 is 28.6 Å². The van der Waals surface area contributed by atoms with Crippen LogP contribution in [-0.2, 0) is 6.42 Å². The number of allylic oxidation sites excluding steroid dienone is 1. The third kappa shape index (κ3) is 4.80. The molecule has 1 rings (SSSR count). The summed E-state index contributed by atoms with van der Waals surface area (Å²) in [5.41, 5.74) is 1.56. The minimum absolute atomic E-state index is 0.185. The standard InChI is InChI=1S/C13H19BrSi/c1-2-3-4-5-6-9-12-10-7-8-11-13(12)15-14/h2,7-8,10-11H,1,3-6,9,15H2. The first-order valence-corrected chi connectivity index (χ1v) is 10.2. The van der Waals surface area contributed by atoms with E-state index in [1.165, 1.54) is 25.7 Å². The lowest BCUT2D eigenvalue weighted by Gasteiger charge is -2.06. The van der Waals surface area contributed by atoms with Crippen molar-refractivity contribution in [2.75, 3.05) is 0 Å². The molecule has 15 heavy (non-hydrogen) atoms. The molecule has 0 saturated heterocycles. The molecular weight excluding hydrogens is 264 g/mol. The van der Waals surface area contributed by atoms with E-state index in [-0.39, 0.29) is 8.14 Å². The Kier molecular flexibility index (Phi) is 6.69. The van der Waals surface area contributed by atoms with Crippen LogP contribution in [0.5, 0.6) is 0 Å². The van der Waals surface area contributed by atoms with Crippen LogP contribution in [0.1, 0.15) is 31.2 Å². The highest BCUT2D eigenvalue weighted by atomic mass is 79.9. The topological polar surface area (TPSA) is 0 Å². The molecule has 1 aromatic carbocycles. The van der Waals surface area contributed by atoms with Crippen LogP contribution in [0.4, 0.5) is 0 Å². The summed E-state index contributed by atoms with van der Waals surface area (Å²) in [4.78, 5) is 0. The molecule has 2 heteroatoms. The number of unbranched alkanes of at least 4 members (excludes halogenated alkanes) is 3. The van der Waals surface area contributed by atoms with Gasteiger partial charge in [0.25, 0.3) is 0 Å². The Morgan fingerprint density at radius 1 is 1.20 bits per heavy atom. The highest BCUT2D eigenvalue weighted by molar-refractivity contribution is 9.23. The molecule has 0 N–H and O–H groups in total. The Balaban J connectivity index is 2.33. The highest BCUT2D eigenvalue weighted by Gasteiger charge is 1.99. The predicted molar refractivity (Wildman–Crippen MR) is 75.9 cm³/mol. The van der Waals surface area contributed by atoms with Crippen molar-refractivity contribution in [3.05, 3.63) is 42.5 Å². The van der Waals surface area contributed by atoms with Crippen molar-refractivity contribution < 1.29 is 0 Å². The molecule has 0 bridgehead atoms. The summed E-state index contributed by atoms with van der Waals surface area (Å²) in [6, 6.07) is 8.83. The molecule has 0 fully saturated rings. The van der Waals surface area contributed by atoms with E-state index in [1.54, 1.807) is 10.8 Å². The van der Waals surface area contributed by atoms with E-state index in [0.717, 1.165) is 6.42 Å². The van der Waals surface area contributed by atoms with E-state index < -0.39 is 0 Å². The summed E-state index contributed by atoms with van der Waals surface area (Å²) in [6.45, 7) is 3.74. The molecule has 0 aliphatic rings. The van der Waals surface area contributed by atoms with Crippen LogP contribution in [0.3, 0.4) is 0 Å². The first-order valence-electron chi connectivity index (χ1n) is 5.62. The smallest absolute Gasteiger partial charge is 0.129 e. The van der Waals surface area contributed by atoms with Crippen LogP contribution in [0.2, 0.25) is 0 Å². The molecule has 0 radical (unpaired) electrons. The van der Waals surface area contributed by atoms with Gasteiger partial charge in [-0.25, -0.2) is 0 Å². The summed E-state index contributed by atoms with van der Waals surface area (Å²) in [6.07, 6.45) is 8.34. The summed E-state index contributed by atoms with van der Waals surface area (Å²) in [5.74, 6) is 0. The van der Waals surface area contributed by atoms with E-state index in [9.17, 15) is 0 Å². The van der Waals surface area contributed by atoms with Gasteiger partial charge in [-0.1, -0.05) is 41.9 Å². The Morgan fingerprint density at radius 2 is 2.00 bits per heavy atom. The molecule has 0 aliphatic heterocycles. The fraction of sp³-hybridized carbons (Fsp3) is 0.385. The fourth-order valence-electron chi connectivity index (χ4n) is 1.71. The zero-order valence-electron chi connectivity index (χ0n) is 9.21. The van der Waals surface area contributed by atoms with Gasteiger partial charge in [0, 0.05) is 0 Å². The average molecular weight is 283 g/mol. The van der Waals surface area contributed by atoms with Crippen LogP contribution >= 0.6 is 15.3 Å². The van der Waals surface area contributed by atoms with E-state index in [4.69, 9.17) is 0 Å². The number of halogens is 1. The van der Waals surface area contributed by atoms with Gasteiger partial charge >= 0.3 is 0 Å². The van der Waals surface area contributed by atoms with E-state index >= 15 is 0 Å². The SMILES string of the molecule is C=CCCCCCc1ccccc1[SiH2]Br. The summed E-state index contributed by atoms with van der Waals surface area (Å²) >= 11 is 3.67. The number of benzene rings is 1. The largest absolute Gasteiger partial charge is 0.130 e. The fourth-order valence-corrected chi connectivity index (χ4v) is 4.05. The molecule has 0 spiro atoms. The van der Waals surface area contributed by atoms with Crippen LogP contribution < -0.4 is 5.19 Å². The minimum atomic E-state index is -0.185. The summed E-state index contributed by atoms with van der Waals surface area (Å²) in [5, 5.41) is 1.57. The Bertz CT molecular complexity index is 296. The first kappa shape index (κ1) is 12.7. The maximum absolute atomic E-state index is 3.74. The molecule has 82 valence electrons. The Labute approximate surface area is 103 Å². The molecule has 0 atom stereocenters. The van der Waals surface area contributed by atoms with E-state index in [1.807, 2.05) is 6.08 Å². The van der Waals surface area contributed by atoms with Crippen molar-refractivity contribution in [3.63, 3.8) is 0 Å². The van der Waals surface area contributed by atoms with E-state index in [2.05, 4.69) is 46.1 Å². The van der Waals surface area contributed by atoms with Crippen LogP contribution in [0.15, 0.2) is 36.9 Å². The minimum Gasteiger partial charge on any atom is -0.129 e. The van der Waals surface area contributed by atoms with Crippen molar-refractivity contribution in [1.29, 1.82) is 0 Å². The summed E-state index contributed by atoms with van der Waals surface area (Å²) in [7, 11) is -0.185. The van der Waals surface area contributed by atoms with Gasteiger partial charge in [-0.05, 0) is 31.2 Å². The third-order valence-corrected chi connectivity index (χ3v) is 5.41. The second-order valence-corrected chi connectivity index (χ2v) is 6.50. The second kappa shape index (κ2) is 7.89. The molecule has 0 aliphatic carbocycles. The zero-order valence-corrected chi connectivity index (χ0v) is 12.2. The quantitative estimate of drug-likeness (QED) is 0.312. The maximum Gasteiger partial charge on any atom is 0.130 e. The monoisotopic (exact) mass is 282 g/mol. The molecule has 0 aromatic heterocycles. The zero-order chi connectivity index (χ0) is 10.9. The maximum atomic E-state index is 3.74. The highest BCUT2D eigenvalue weighted by Crippen LogP contribution is 2.06. The molecule has 0 nitrogen and oxygen atoms in total. The van der Waals surface area contributed by atoms with Gasteiger partial charge in [-0.15, -0.1) is 21.9 Å². The van der Waals surface area contributed by atoms with Gasteiger partial charge in [-0.2, -0.15) is 0 Å². The lowest BCUT2D eigenvalue weighted by atomic mass is 10.1. The average Bonchev–Trinajstić information content (AvgIpc) is 2.29. The van der Waals surface area contributed by atoms with Gasteiger partial charge < -0.3 is 0 Å². The lowest BCUT2D eigenvalue weighted by molar-refractivity contribution is 0.688. The second-order valence-electron chi connectivity index (χ2n) is 3.79. The van der Waals surface area contributed by atoms with Gasteiger partial charge in [0.2, 0.25) is 0 Å². The molecule has 0 heterocycles. The van der Waals surface area contributed by atoms with Crippen LogP contribution in [-0.4, -0.2) is 8.14 Å². The van der Waals surface area contributed by atoms with Gasteiger partial charge in [-0.3, -0.25) is 0 Å². The number of hydrogen-bond acceptors (Lipinski definition) is 0. The van der Waals surface area contributed by atoms with Crippen LogP contribution in [0.25, 0.3) is 0 Å². The van der Waals surface area contributed by atoms with Crippen molar-refractivity contribution in [2.24, 2.45) is 0 Å². The predicted octanol–water partition coefficient (Wildman–Crippen LogP) is 3.08. The third-order valence-electron chi connectivity index (χ3n) is 2.62. The number of rotatable bonds is 7. The first-order chi connectivity index (χ1) is 7.38. The molecule has 1 aromatic rings. The Morgan fingerprint density at radius 3 is 2.73 bits per heavy atom. The molecular formula is C13H19BrSi. The van der Waals surface area contributed by atoms with Crippen molar-refractivity contribution in [3.8, 4) is 0 Å². The van der Waals surface area contributed by atoms with Crippen molar-refractivity contribution in [1.82, 2.24) is 0 Å². The van der Waals surface area contributed by atoms with Gasteiger partial charge in [0.1, 0.15) is 8.14 Å². The molecule has 0 saturated carbocycles. The molecule has 0 amide bonds. The molecule has 0 unspecified atom stereocenters. The lowest BCUT2D eigenvalue weighted by Crippen LogP contribution is -2.14. The van der Waals surface area contributed by atoms with Gasteiger partial charge in [0.15, 0.2) is 0 Å². The van der Waals surface area contributed by atoms with E-state index in [0.29, 0.717) is 0 Å². The number of aryl methyl sites for hydroxylation is 1. The number of hydrogen-bond donors (Lipinski definition) is 0. The van der Waals surface area contributed by atoms with Crippen LogP contribution in [0, 0.1) is 0 Å². The normalized spacial score (nSPS) is 11.0.